The first-order chi connectivity index (χ1) is 6.83. The largest absolute Gasteiger partial charge is 0.330 e. The molecule has 5 heteroatoms. The minimum absolute atomic E-state index is 0.0871. The molecule has 0 spiro atoms. The van der Waals surface area contributed by atoms with E-state index in [1.54, 1.807) is 0 Å². The fourth-order valence-corrected chi connectivity index (χ4v) is 2.78. The Hall–Kier alpha value is -0.320. The van der Waals surface area contributed by atoms with Gasteiger partial charge >= 0.3 is 0 Å². The van der Waals surface area contributed by atoms with Gasteiger partial charge in [0.1, 0.15) is 0 Å². The molecule has 0 amide bonds. The van der Waals surface area contributed by atoms with Crippen molar-refractivity contribution in [2.24, 2.45) is 17.1 Å². The van der Waals surface area contributed by atoms with Gasteiger partial charge in [-0.05, 0) is 18.8 Å². The van der Waals surface area contributed by atoms with Crippen LogP contribution in [0, 0.1) is 11.3 Å². The van der Waals surface area contributed by atoms with Crippen molar-refractivity contribution in [1.29, 1.82) is 0 Å². The van der Waals surface area contributed by atoms with E-state index < -0.39 is 17.3 Å². The van der Waals surface area contributed by atoms with E-state index in [1.807, 2.05) is 0 Å². The van der Waals surface area contributed by atoms with Crippen molar-refractivity contribution in [3.8, 4) is 0 Å². The maximum absolute atomic E-state index is 13.2. The predicted molar refractivity (Wildman–Crippen MR) is 48.0 cm³/mol. The molecule has 0 bridgehead atoms. The predicted octanol–water partition coefficient (Wildman–Crippen LogP) is 2.80. The lowest BCUT2D eigenvalue weighted by Crippen LogP contribution is -2.36. The summed E-state index contributed by atoms with van der Waals surface area (Å²) in [5.41, 5.74) is 4.21. The van der Waals surface area contributed by atoms with Crippen molar-refractivity contribution in [2.45, 2.75) is 43.9 Å². The van der Waals surface area contributed by atoms with Crippen LogP contribution in [-0.4, -0.2) is 18.4 Å². The van der Waals surface area contributed by atoms with E-state index in [9.17, 15) is 17.6 Å². The van der Waals surface area contributed by atoms with Gasteiger partial charge in [-0.15, -0.1) is 0 Å². The lowest BCUT2D eigenvalue weighted by atomic mass is 9.76. The molecule has 0 aliphatic heterocycles. The van der Waals surface area contributed by atoms with E-state index in [4.69, 9.17) is 5.73 Å². The third-order valence-electron chi connectivity index (χ3n) is 4.00. The molecule has 88 valence electrons. The van der Waals surface area contributed by atoms with Crippen molar-refractivity contribution < 1.29 is 17.6 Å². The lowest BCUT2D eigenvalue weighted by molar-refractivity contribution is -0.0650. The Bertz CT molecular complexity index is 256. The van der Waals surface area contributed by atoms with E-state index in [1.165, 1.54) is 0 Å². The van der Waals surface area contributed by atoms with Gasteiger partial charge in [0.05, 0.1) is 5.41 Å². The molecule has 2 aliphatic rings. The number of rotatable bonds is 2. The Morgan fingerprint density at radius 3 is 1.87 bits per heavy atom. The number of hydrogen-bond donors (Lipinski definition) is 1. The van der Waals surface area contributed by atoms with Gasteiger partial charge in [-0.25, -0.2) is 17.6 Å². The van der Waals surface area contributed by atoms with Crippen molar-refractivity contribution in [3.05, 3.63) is 0 Å². The summed E-state index contributed by atoms with van der Waals surface area (Å²) in [6, 6.07) is 0. The van der Waals surface area contributed by atoms with Crippen LogP contribution in [-0.2, 0) is 0 Å². The van der Waals surface area contributed by atoms with Gasteiger partial charge < -0.3 is 5.73 Å². The normalized spacial score (nSPS) is 39.0. The SMILES string of the molecule is NCC1(C2CCC(F)(F)CC2)CC1(F)F. The molecule has 2 fully saturated rings. The topological polar surface area (TPSA) is 26.0 Å². The summed E-state index contributed by atoms with van der Waals surface area (Å²) in [5.74, 6) is -5.70. The molecule has 0 heterocycles. The Kier molecular flexibility index (Phi) is 2.30. The highest BCUT2D eigenvalue weighted by Crippen LogP contribution is 2.67. The highest BCUT2D eigenvalue weighted by atomic mass is 19.3. The number of alkyl halides is 4. The van der Waals surface area contributed by atoms with Crippen LogP contribution < -0.4 is 5.73 Å². The summed E-state index contributed by atoms with van der Waals surface area (Å²) in [4.78, 5) is 0. The van der Waals surface area contributed by atoms with Crippen LogP contribution in [0.3, 0.4) is 0 Å². The number of nitrogens with two attached hydrogens (primary N) is 1. The zero-order valence-electron chi connectivity index (χ0n) is 8.41. The molecule has 2 N–H and O–H groups in total. The van der Waals surface area contributed by atoms with Crippen molar-refractivity contribution >= 4 is 0 Å². The minimum Gasteiger partial charge on any atom is -0.330 e. The summed E-state index contributed by atoms with van der Waals surface area (Å²) < 4.78 is 52.1. The average molecular weight is 225 g/mol. The maximum Gasteiger partial charge on any atom is 0.256 e. The second-order valence-electron chi connectivity index (χ2n) is 4.87. The molecule has 0 aromatic carbocycles. The van der Waals surface area contributed by atoms with Crippen LogP contribution in [0.4, 0.5) is 17.6 Å². The maximum atomic E-state index is 13.2. The molecule has 1 unspecified atom stereocenters. The first-order valence-electron chi connectivity index (χ1n) is 5.29. The smallest absolute Gasteiger partial charge is 0.256 e. The van der Waals surface area contributed by atoms with Crippen LogP contribution in [0.2, 0.25) is 0 Å². The third-order valence-corrected chi connectivity index (χ3v) is 4.00. The molecule has 2 rings (SSSR count). The van der Waals surface area contributed by atoms with Crippen molar-refractivity contribution in [2.75, 3.05) is 6.54 Å². The first kappa shape index (κ1) is 11.2. The summed E-state index contributed by atoms with van der Waals surface area (Å²) in [6.07, 6.45) is -0.392. The Labute approximate surface area is 86.0 Å². The highest BCUT2D eigenvalue weighted by Gasteiger charge is 2.73. The van der Waals surface area contributed by atoms with Gasteiger partial charge in [0.2, 0.25) is 5.92 Å². The molecular weight excluding hydrogens is 210 g/mol. The number of hydrogen-bond acceptors (Lipinski definition) is 1. The summed E-state index contributed by atoms with van der Waals surface area (Å²) in [6.45, 7) is -0.0871. The first-order valence-corrected chi connectivity index (χ1v) is 5.29. The Balaban J connectivity index is 2.02. The molecule has 0 radical (unpaired) electrons. The van der Waals surface area contributed by atoms with Crippen molar-refractivity contribution in [1.82, 2.24) is 0 Å². The van der Waals surface area contributed by atoms with Gasteiger partial charge in [-0.3, -0.25) is 0 Å². The summed E-state index contributed by atoms with van der Waals surface area (Å²) >= 11 is 0. The molecule has 0 aromatic rings. The Morgan fingerprint density at radius 2 is 1.53 bits per heavy atom. The molecule has 1 nitrogen and oxygen atoms in total. The van der Waals surface area contributed by atoms with Gasteiger partial charge in [0.15, 0.2) is 0 Å². The van der Waals surface area contributed by atoms with E-state index in [0.717, 1.165) is 0 Å². The van der Waals surface area contributed by atoms with Crippen LogP contribution in [0.1, 0.15) is 32.1 Å². The van der Waals surface area contributed by atoms with E-state index in [-0.39, 0.29) is 44.6 Å². The fraction of sp³-hybridized carbons (Fsp3) is 1.00. The quantitative estimate of drug-likeness (QED) is 0.718. The van der Waals surface area contributed by atoms with Crippen LogP contribution in [0.25, 0.3) is 0 Å². The van der Waals surface area contributed by atoms with Crippen LogP contribution in [0.15, 0.2) is 0 Å². The zero-order chi connectivity index (χ0) is 11.3. The van der Waals surface area contributed by atoms with Crippen LogP contribution >= 0.6 is 0 Å². The molecular formula is C10H15F4N. The molecule has 2 aliphatic carbocycles. The number of halogens is 4. The monoisotopic (exact) mass is 225 g/mol. The van der Waals surface area contributed by atoms with E-state index in [0.29, 0.717) is 0 Å². The molecule has 1 atom stereocenters. The molecule has 15 heavy (non-hydrogen) atoms. The zero-order valence-corrected chi connectivity index (χ0v) is 8.41. The lowest BCUT2D eigenvalue weighted by Gasteiger charge is -2.33. The minimum atomic E-state index is -2.72. The standard InChI is InChI=1S/C10H15F4N/c11-9(12)3-1-7(2-4-9)8(6-15)5-10(8,13)14/h7H,1-6,15H2. The van der Waals surface area contributed by atoms with E-state index >= 15 is 0 Å². The summed E-state index contributed by atoms with van der Waals surface area (Å²) in [5, 5.41) is 0. The average Bonchev–Trinajstić information content (AvgIpc) is 2.70. The third kappa shape index (κ3) is 1.65. The fourth-order valence-electron chi connectivity index (χ4n) is 2.78. The Morgan fingerprint density at radius 1 is 1.07 bits per heavy atom. The second kappa shape index (κ2) is 3.09. The summed E-state index contributed by atoms with van der Waals surface area (Å²) in [7, 11) is 0. The van der Waals surface area contributed by atoms with Gasteiger partial charge in [0, 0.05) is 25.8 Å². The molecule has 0 saturated heterocycles. The highest BCUT2D eigenvalue weighted by molar-refractivity contribution is 5.14. The van der Waals surface area contributed by atoms with Crippen LogP contribution in [0.5, 0.6) is 0 Å². The molecule has 0 aromatic heterocycles. The van der Waals surface area contributed by atoms with Crippen molar-refractivity contribution in [3.63, 3.8) is 0 Å². The molecule has 2 saturated carbocycles. The van der Waals surface area contributed by atoms with E-state index in [2.05, 4.69) is 0 Å². The van der Waals surface area contributed by atoms with Gasteiger partial charge in [0.25, 0.3) is 5.92 Å². The van der Waals surface area contributed by atoms with Gasteiger partial charge in [-0.1, -0.05) is 0 Å². The second-order valence-corrected chi connectivity index (χ2v) is 4.87. The van der Waals surface area contributed by atoms with Gasteiger partial charge in [-0.2, -0.15) is 0 Å².